The number of carbonyl (C=O) groups excluding carboxylic acids is 1. The van der Waals surface area contributed by atoms with Gasteiger partial charge in [0.1, 0.15) is 5.82 Å². The second-order valence-corrected chi connectivity index (χ2v) is 7.79. The lowest BCUT2D eigenvalue weighted by atomic mass is 10.00. The van der Waals surface area contributed by atoms with Crippen LogP contribution in [0.3, 0.4) is 0 Å². The number of urea groups is 1. The number of nitrogens with one attached hydrogen (secondary N) is 1. The zero-order valence-corrected chi connectivity index (χ0v) is 18.4. The Morgan fingerprint density at radius 2 is 1.77 bits per heavy atom. The molecule has 2 amide bonds. The highest BCUT2D eigenvalue weighted by Gasteiger charge is 2.17. The van der Waals surface area contributed by atoms with Crippen molar-refractivity contribution in [1.82, 2.24) is 24.8 Å². The van der Waals surface area contributed by atoms with E-state index >= 15 is 0 Å². The summed E-state index contributed by atoms with van der Waals surface area (Å²) in [6, 6.07) is 8.22. The van der Waals surface area contributed by atoms with E-state index in [0.29, 0.717) is 19.6 Å². The lowest BCUT2D eigenvalue weighted by molar-refractivity contribution is 0.190. The average Bonchev–Trinajstić information content (AvgIpc) is 3.16. The van der Waals surface area contributed by atoms with E-state index in [-0.39, 0.29) is 6.03 Å². The van der Waals surface area contributed by atoms with Crippen LogP contribution in [0.2, 0.25) is 0 Å². The van der Waals surface area contributed by atoms with Gasteiger partial charge in [-0.1, -0.05) is 24.6 Å². The fraction of sp³-hybridized carbons (Fsp3) is 0.375. The molecule has 3 rings (SSSR count). The van der Waals surface area contributed by atoms with Crippen LogP contribution in [0.15, 0.2) is 49.1 Å². The van der Waals surface area contributed by atoms with Crippen molar-refractivity contribution in [2.75, 3.05) is 6.54 Å². The van der Waals surface area contributed by atoms with Crippen molar-refractivity contribution in [3.8, 4) is 0 Å². The van der Waals surface area contributed by atoms with Crippen LogP contribution in [0.4, 0.5) is 4.79 Å². The predicted octanol–water partition coefficient (Wildman–Crippen LogP) is 4.37. The Morgan fingerprint density at radius 3 is 2.43 bits per heavy atom. The molecule has 158 valence electrons. The number of carbonyl (C=O) groups is 1. The standard InChI is InChI=1S/C24H31N5O/c1-5-8-27-24(30)29(15-21-6-9-25-10-7-21)17-23-26-11-12-28(23)16-22-19(3)13-18(2)14-20(22)4/h6-7,9-14H,5,8,15-17H2,1-4H3,(H,27,30). The second-order valence-electron chi connectivity index (χ2n) is 7.79. The molecule has 0 spiro atoms. The Balaban J connectivity index is 1.82. The molecule has 6 heteroatoms. The minimum Gasteiger partial charge on any atom is -0.338 e. The Labute approximate surface area is 179 Å². The Morgan fingerprint density at radius 1 is 1.07 bits per heavy atom. The summed E-state index contributed by atoms with van der Waals surface area (Å²) in [6.07, 6.45) is 8.20. The van der Waals surface area contributed by atoms with Crippen molar-refractivity contribution >= 4 is 6.03 Å². The number of aryl methyl sites for hydroxylation is 3. The maximum atomic E-state index is 12.8. The van der Waals surface area contributed by atoms with Crippen LogP contribution in [0.25, 0.3) is 0 Å². The van der Waals surface area contributed by atoms with Crippen molar-refractivity contribution < 1.29 is 4.79 Å². The quantitative estimate of drug-likeness (QED) is 0.605. The summed E-state index contributed by atoms with van der Waals surface area (Å²) >= 11 is 0. The second kappa shape index (κ2) is 10.1. The Bertz CT molecular complexity index is 957. The van der Waals surface area contributed by atoms with Gasteiger partial charge in [0.05, 0.1) is 6.54 Å². The average molecular weight is 406 g/mol. The van der Waals surface area contributed by atoms with Gasteiger partial charge in [0.15, 0.2) is 0 Å². The zero-order valence-electron chi connectivity index (χ0n) is 18.4. The van der Waals surface area contributed by atoms with Gasteiger partial charge in [-0.15, -0.1) is 0 Å². The van der Waals surface area contributed by atoms with Gasteiger partial charge in [0.2, 0.25) is 0 Å². The summed E-state index contributed by atoms with van der Waals surface area (Å²) in [7, 11) is 0. The van der Waals surface area contributed by atoms with E-state index in [1.807, 2.05) is 31.5 Å². The molecule has 0 aliphatic rings. The smallest absolute Gasteiger partial charge is 0.318 e. The SMILES string of the molecule is CCCNC(=O)N(Cc1ccncc1)Cc1nccn1Cc1c(C)cc(C)cc1C. The third-order valence-corrected chi connectivity index (χ3v) is 5.24. The Hall–Kier alpha value is -3.15. The molecule has 1 aromatic carbocycles. The molecule has 0 bridgehead atoms. The van der Waals surface area contributed by atoms with Crippen molar-refractivity contribution in [1.29, 1.82) is 0 Å². The summed E-state index contributed by atoms with van der Waals surface area (Å²) < 4.78 is 2.14. The fourth-order valence-corrected chi connectivity index (χ4v) is 3.69. The molecule has 6 nitrogen and oxygen atoms in total. The maximum Gasteiger partial charge on any atom is 0.318 e. The number of nitrogens with zero attached hydrogens (tertiary/aromatic N) is 4. The lowest BCUT2D eigenvalue weighted by Crippen LogP contribution is -2.40. The number of aromatic nitrogens is 3. The number of imidazole rings is 1. The highest BCUT2D eigenvalue weighted by Crippen LogP contribution is 2.19. The summed E-state index contributed by atoms with van der Waals surface area (Å²) in [5.74, 6) is 0.870. The molecular weight excluding hydrogens is 374 g/mol. The molecule has 0 saturated heterocycles. The van der Waals surface area contributed by atoms with E-state index in [1.54, 1.807) is 17.3 Å². The molecular formula is C24H31N5O. The number of hydrogen-bond acceptors (Lipinski definition) is 3. The van der Waals surface area contributed by atoms with E-state index in [4.69, 9.17) is 0 Å². The van der Waals surface area contributed by atoms with E-state index in [1.165, 1.54) is 22.3 Å². The highest BCUT2D eigenvalue weighted by molar-refractivity contribution is 5.74. The molecule has 30 heavy (non-hydrogen) atoms. The molecule has 0 saturated carbocycles. The van der Waals surface area contributed by atoms with E-state index < -0.39 is 0 Å². The number of benzene rings is 1. The highest BCUT2D eigenvalue weighted by atomic mass is 16.2. The molecule has 0 aliphatic heterocycles. The van der Waals surface area contributed by atoms with Gasteiger partial charge in [0, 0.05) is 44.4 Å². The Kier molecular flexibility index (Phi) is 7.22. The molecule has 0 radical (unpaired) electrons. The number of rotatable bonds is 8. The monoisotopic (exact) mass is 405 g/mol. The molecule has 2 aromatic heterocycles. The zero-order chi connectivity index (χ0) is 21.5. The van der Waals surface area contributed by atoms with E-state index in [9.17, 15) is 4.79 Å². The van der Waals surface area contributed by atoms with Crippen molar-refractivity contribution in [3.63, 3.8) is 0 Å². The van der Waals surface area contributed by atoms with Crippen LogP contribution < -0.4 is 5.32 Å². The minimum absolute atomic E-state index is 0.0779. The van der Waals surface area contributed by atoms with Gasteiger partial charge >= 0.3 is 6.03 Å². The first-order valence-corrected chi connectivity index (χ1v) is 10.5. The van der Waals surface area contributed by atoms with Gasteiger partial charge in [-0.3, -0.25) is 4.98 Å². The minimum atomic E-state index is -0.0779. The normalized spacial score (nSPS) is 10.8. The van der Waals surface area contributed by atoms with E-state index in [0.717, 1.165) is 24.4 Å². The van der Waals surface area contributed by atoms with E-state index in [2.05, 4.69) is 52.8 Å². The molecule has 3 aromatic rings. The van der Waals surface area contributed by atoms with Crippen molar-refractivity contribution in [2.45, 2.75) is 53.8 Å². The van der Waals surface area contributed by atoms with Gasteiger partial charge in [-0.25, -0.2) is 9.78 Å². The van der Waals surface area contributed by atoms with Crippen LogP contribution in [0.1, 0.15) is 47.0 Å². The van der Waals surface area contributed by atoms with Gasteiger partial charge in [-0.05, 0) is 61.6 Å². The maximum absolute atomic E-state index is 12.8. The van der Waals surface area contributed by atoms with Gasteiger partial charge in [0.25, 0.3) is 0 Å². The lowest BCUT2D eigenvalue weighted by Gasteiger charge is -2.24. The third kappa shape index (κ3) is 5.47. The molecule has 0 aliphatic carbocycles. The number of pyridine rings is 1. The van der Waals surface area contributed by atoms with Crippen LogP contribution in [0, 0.1) is 20.8 Å². The van der Waals surface area contributed by atoms with Gasteiger partial charge in [-0.2, -0.15) is 0 Å². The first-order valence-electron chi connectivity index (χ1n) is 10.5. The van der Waals surface area contributed by atoms with Gasteiger partial charge < -0.3 is 14.8 Å². The summed E-state index contributed by atoms with van der Waals surface area (Å²) in [5, 5.41) is 2.99. The van der Waals surface area contributed by atoms with Crippen LogP contribution in [-0.4, -0.2) is 32.0 Å². The van der Waals surface area contributed by atoms with Crippen LogP contribution in [-0.2, 0) is 19.6 Å². The summed E-state index contributed by atoms with van der Waals surface area (Å²) in [6.45, 7) is 10.8. The first-order chi connectivity index (χ1) is 14.5. The molecule has 0 fully saturated rings. The molecule has 0 atom stereocenters. The summed E-state index contributed by atoms with van der Waals surface area (Å²) in [4.78, 5) is 23.2. The first kappa shape index (κ1) is 21.6. The predicted molar refractivity (Wildman–Crippen MR) is 119 cm³/mol. The molecule has 0 unspecified atom stereocenters. The molecule has 2 heterocycles. The fourth-order valence-electron chi connectivity index (χ4n) is 3.69. The van der Waals surface area contributed by atoms with Crippen molar-refractivity contribution in [2.24, 2.45) is 0 Å². The number of amides is 2. The number of hydrogen-bond donors (Lipinski definition) is 1. The summed E-state index contributed by atoms with van der Waals surface area (Å²) in [5.41, 5.74) is 6.18. The topological polar surface area (TPSA) is 63.1 Å². The largest absolute Gasteiger partial charge is 0.338 e. The van der Waals surface area contributed by atoms with Crippen LogP contribution in [0.5, 0.6) is 0 Å². The van der Waals surface area contributed by atoms with Crippen molar-refractivity contribution in [3.05, 3.63) is 82.7 Å². The third-order valence-electron chi connectivity index (χ3n) is 5.24. The van der Waals surface area contributed by atoms with Crippen LogP contribution >= 0.6 is 0 Å². The molecule has 1 N–H and O–H groups in total.